The number of amides is 1. The van der Waals surface area contributed by atoms with Crippen molar-refractivity contribution in [1.29, 1.82) is 0 Å². The summed E-state index contributed by atoms with van der Waals surface area (Å²) in [6.45, 7) is 10.9. The van der Waals surface area contributed by atoms with Crippen molar-refractivity contribution in [3.05, 3.63) is 0 Å². The van der Waals surface area contributed by atoms with Crippen LogP contribution >= 0.6 is 0 Å². The van der Waals surface area contributed by atoms with Crippen molar-refractivity contribution in [2.75, 3.05) is 13.2 Å². The molecule has 1 unspecified atom stereocenters. The predicted octanol–water partition coefficient (Wildman–Crippen LogP) is 1.80. The normalized spacial score (nSPS) is 14.1. The standard InChI is InChI=1S/C12H25NO2/c1-9(2)10(8-12(3,4)5)11(15)13-6-7-14/h9-10,14H,6-8H2,1-5H3,(H,13,15). The fourth-order valence-electron chi connectivity index (χ4n) is 1.60. The van der Waals surface area contributed by atoms with E-state index >= 15 is 0 Å². The lowest BCUT2D eigenvalue weighted by molar-refractivity contribution is -0.127. The lowest BCUT2D eigenvalue weighted by Crippen LogP contribution is -2.37. The highest BCUT2D eigenvalue weighted by Crippen LogP contribution is 2.28. The van der Waals surface area contributed by atoms with Gasteiger partial charge in [0, 0.05) is 12.5 Å². The van der Waals surface area contributed by atoms with E-state index in [1.165, 1.54) is 0 Å². The Labute approximate surface area is 93.3 Å². The van der Waals surface area contributed by atoms with Crippen LogP contribution in [0.3, 0.4) is 0 Å². The van der Waals surface area contributed by atoms with Crippen molar-refractivity contribution in [3.8, 4) is 0 Å². The van der Waals surface area contributed by atoms with Crippen LogP contribution in [0.25, 0.3) is 0 Å². The molecule has 0 aliphatic heterocycles. The van der Waals surface area contributed by atoms with Crippen molar-refractivity contribution in [1.82, 2.24) is 5.32 Å². The molecular weight excluding hydrogens is 190 g/mol. The van der Waals surface area contributed by atoms with Crippen LogP contribution in [-0.4, -0.2) is 24.2 Å². The third-order valence-corrected chi connectivity index (χ3v) is 2.38. The first-order valence-electron chi connectivity index (χ1n) is 5.66. The lowest BCUT2D eigenvalue weighted by Gasteiger charge is -2.27. The molecule has 0 spiro atoms. The maximum Gasteiger partial charge on any atom is 0.223 e. The lowest BCUT2D eigenvalue weighted by atomic mass is 9.79. The number of aliphatic hydroxyl groups is 1. The van der Waals surface area contributed by atoms with Crippen molar-refractivity contribution in [3.63, 3.8) is 0 Å². The van der Waals surface area contributed by atoms with Crippen LogP contribution in [0.2, 0.25) is 0 Å². The molecule has 0 aromatic rings. The third kappa shape index (κ3) is 6.50. The third-order valence-electron chi connectivity index (χ3n) is 2.38. The van der Waals surface area contributed by atoms with Crippen molar-refractivity contribution >= 4 is 5.91 Å². The molecule has 15 heavy (non-hydrogen) atoms. The Morgan fingerprint density at radius 1 is 1.33 bits per heavy atom. The van der Waals surface area contributed by atoms with Gasteiger partial charge in [-0.25, -0.2) is 0 Å². The molecule has 0 radical (unpaired) electrons. The summed E-state index contributed by atoms with van der Waals surface area (Å²) in [5, 5.41) is 11.4. The summed E-state index contributed by atoms with van der Waals surface area (Å²) in [4.78, 5) is 11.8. The number of rotatable bonds is 5. The summed E-state index contributed by atoms with van der Waals surface area (Å²) >= 11 is 0. The minimum Gasteiger partial charge on any atom is -0.395 e. The van der Waals surface area contributed by atoms with Crippen LogP contribution in [0.15, 0.2) is 0 Å². The zero-order valence-corrected chi connectivity index (χ0v) is 10.6. The van der Waals surface area contributed by atoms with Gasteiger partial charge in [0.05, 0.1) is 6.61 Å². The van der Waals surface area contributed by atoms with Gasteiger partial charge in [0.25, 0.3) is 0 Å². The molecule has 0 aromatic carbocycles. The Bertz CT molecular complexity index is 194. The van der Waals surface area contributed by atoms with Crippen molar-refractivity contribution in [2.24, 2.45) is 17.3 Å². The van der Waals surface area contributed by atoms with E-state index in [0.29, 0.717) is 12.5 Å². The largest absolute Gasteiger partial charge is 0.395 e. The number of nitrogens with one attached hydrogen (secondary N) is 1. The molecule has 0 bridgehead atoms. The number of hydrogen-bond donors (Lipinski definition) is 2. The highest BCUT2D eigenvalue weighted by Gasteiger charge is 2.27. The van der Waals surface area contributed by atoms with Crippen LogP contribution in [0.4, 0.5) is 0 Å². The van der Waals surface area contributed by atoms with Gasteiger partial charge in [0.1, 0.15) is 0 Å². The predicted molar refractivity (Wildman–Crippen MR) is 62.5 cm³/mol. The molecule has 3 nitrogen and oxygen atoms in total. The van der Waals surface area contributed by atoms with Crippen LogP contribution in [0.1, 0.15) is 41.0 Å². The summed E-state index contributed by atoms with van der Waals surface area (Å²) in [6.07, 6.45) is 0.877. The molecule has 0 aliphatic rings. The molecule has 0 aliphatic carbocycles. The quantitative estimate of drug-likeness (QED) is 0.734. The molecule has 90 valence electrons. The Kier molecular flexibility index (Phi) is 5.88. The summed E-state index contributed by atoms with van der Waals surface area (Å²) < 4.78 is 0. The SMILES string of the molecule is CC(C)C(CC(C)(C)C)C(=O)NCCO. The molecule has 0 saturated carbocycles. The van der Waals surface area contributed by atoms with E-state index in [1.807, 2.05) is 0 Å². The average Bonchev–Trinajstić information content (AvgIpc) is 2.08. The van der Waals surface area contributed by atoms with Crippen LogP contribution in [-0.2, 0) is 4.79 Å². The van der Waals surface area contributed by atoms with Crippen LogP contribution in [0.5, 0.6) is 0 Å². The minimum absolute atomic E-state index is 0.00602. The van der Waals surface area contributed by atoms with Gasteiger partial charge in [-0.1, -0.05) is 34.6 Å². The second-order valence-corrected chi connectivity index (χ2v) is 5.63. The molecule has 1 amide bonds. The van der Waals surface area contributed by atoms with Gasteiger partial charge >= 0.3 is 0 Å². The van der Waals surface area contributed by atoms with Crippen LogP contribution in [0, 0.1) is 17.3 Å². The first-order valence-corrected chi connectivity index (χ1v) is 5.66. The second kappa shape index (κ2) is 6.11. The molecular formula is C12H25NO2. The monoisotopic (exact) mass is 215 g/mol. The highest BCUT2D eigenvalue weighted by molar-refractivity contribution is 5.78. The van der Waals surface area contributed by atoms with E-state index in [9.17, 15) is 4.79 Å². The molecule has 0 rings (SSSR count). The number of aliphatic hydroxyl groups excluding tert-OH is 1. The Morgan fingerprint density at radius 3 is 2.20 bits per heavy atom. The zero-order valence-electron chi connectivity index (χ0n) is 10.6. The van der Waals surface area contributed by atoms with Gasteiger partial charge in [-0.05, 0) is 17.8 Å². The minimum atomic E-state index is 0.00602. The molecule has 2 N–H and O–H groups in total. The highest BCUT2D eigenvalue weighted by atomic mass is 16.3. The summed E-state index contributed by atoms with van der Waals surface area (Å²) in [5.41, 5.74) is 0.158. The molecule has 0 saturated heterocycles. The van der Waals surface area contributed by atoms with E-state index in [0.717, 1.165) is 6.42 Å². The maximum atomic E-state index is 11.8. The first-order chi connectivity index (χ1) is 6.78. The second-order valence-electron chi connectivity index (χ2n) is 5.63. The Morgan fingerprint density at radius 2 is 1.87 bits per heavy atom. The van der Waals surface area contributed by atoms with Crippen LogP contribution < -0.4 is 5.32 Å². The van der Waals surface area contributed by atoms with Gasteiger partial charge < -0.3 is 10.4 Å². The zero-order chi connectivity index (χ0) is 12.1. The number of carbonyl (C=O) groups is 1. The van der Waals surface area contributed by atoms with Gasteiger partial charge in [-0.3, -0.25) is 4.79 Å². The Hall–Kier alpha value is -0.570. The molecule has 0 aromatic heterocycles. The number of carbonyl (C=O) groups excluding carboxylic acids is 1. The van der Waals surface area contributed by atoms with Crippen molar-refractivity contribution in [2.45, 2.75) is 41.0 Å². The van der Waals surface area contributed by atoms with Gasteiger partial charge in [0.15, 0.2) is 0 Å². The van der Waals surface area contributed by atoms with Crippen molar-refractivity contribution < 1.29 is 9.90 Å². The Balaban J connectivity index is 4.33. The molecule has 0 fully saturated rings. The molecule has 0 heterocycles. The van der Waals surface area contributed by atoms with E-state index in [2.05, 4.69) is 39.9 Å². The van der Waals surface area contributed by atoms with Gasteiger partial charge in [-0.2, -0.15) is 0 Å². The molecule has 1 atom stereocenters. The van der Waals surface area contributed by atoms with Gasteiger partial charge in [-0.15, -0.1) is 0 Å². The summed E-state index contributed by atoms with van der Waals surface area (Å²) in [6, 6.07) is 0. The molecule has 3 heteroatoms. The fraction of sp³-hybridized carbons (Fsp3) is 0.917. The smallest absolute Gasteiger partial charge is 0.223 e. The maximum absolute atomic E-state index is 11.8. The van der Waals surface area contributed by atoms with E-state index in [-0.39, 0.29) is 23.8 Å². The van der Waals surface area contributed by atoms with Gasteiger partial charge in [0.2, 0.25) is 5.91 Å². The number of hydrogen-bond acceptors (Lipinski definition) is 2. The topological polar surface area (TPSA) is 49.3 Å². The van der Waals surface area contributed by atoms with E-state index in [1.54, 1.807) is 0 Å². The fourth-order valence-corrected chi connectivity index (χ4v) is 1.60. The van der Waals surface area contributed by atoms with E-state index < -0.39 is 0 Å². The van der Waals surface area contributed by atoms with E-state index in [4.69, 9.17) is 5.11 Å². The average molecular weight is 215 g/mol. The first kappa shape index (κ1) is 14.4. The summed E-state index contributed by atoms with van der Waals surface area (Å²) in [5.74, 6) is 0.438. The summed E-state index contributed by atoms with van der Waals surface area (Å²) in [7, 11) is 0.